The fourth-order valence-electron chi connectivity index (χ4n) is 4.16. The van der Waals surface area contributed by atoms with Gasteiger partial charge in [0.15, 0.2) is 0 Å². The van der Waals surface area contributed by atoms with E-state index in [1.54, 1.807) is 25.1 Å². The minimum absolute atomic E-state index is 0.0380. The highest BCUT2D eigenvalue weighted by Gasteiger charge is 2.73. The van der Waals surface area contributed by atoms with Gasteiger partial charge in [-0.25, -0.2) is 0 Å². The number of hydrogen-bond donors (Lipinski definition) is 0. The van der Waals surface area contributed by atoms with Crippen LogP contribution in [0.3, 0.4) is 0 Å². The summed E-state index contributed by atoms with van der Waals surface area (Å²) in [4.78, 5) is 11.6. The first-order valence-electron chi connectivity index (χ1n) is 13.4. The molecule has 0 spiro atoms. The summed E-state index contributed by atoms with van der Waals surface area (Å²) in [5.41, 5.74) is -4.79. The molecule has 0 amide bonds. The number of methoxy groups -OCH3 is 1. The first-order valence-corrected chi connectivity index (χ1v) is 13.4. The molecule has 0 bridgehead atoms. The molecule has 0 unspecified atom stereocenters. The first kappa shape index (κ1) is 33.6. The van der Waals surface area contributed by atoms with Crippen molar-refractivity contribution < 1.29 is 54.8 Å². The Labute approximate surface area is 245 Å². The van der Waals surface area contributed by atoms with Crippen molar-refractivity contribution in [3.63, 3.8) is 0 Å². The Hall–Kier alpha value is -3.93. The second kappa shape index (κ2) is 15.0. The van der Waals surface area contributed by atoms with Gasteiger partial charge >= 0.3 is 18.3 Å². The summed E-state index contributed by atoms with van der Waals surface area (Å²) in [5, 5.41) is 0. The van der Waals surface area contributed by atoms with Gasteiger partial charge in [-0.15, -0.1) is 0 Å². The lowest BCUT2D eigenvalue weighted by molar-refractivity contribution is -0.392. The molecule has 0 aliphatic rings. The molecule has 6 nitrogen and oxygen atoms in total. The second-order valence-corrected chi connectivity index (χ2v) is 9.34. The molecule has 0 aliphatic heterocycles. The maximum absolute atomic E-state index is 14.2. The fraction of sp³-hybridized carbons (Fsp3) is 0.387. The molecule has 0 atom stereocenters. The van der Waals surface area contributed by atoms with Gasteiger partial charge in [0.05, 0.1) is 33.5 Å². The Morgan fingerprint density at radius 3 is 1.93 bits per heavy atom. The predicted molar refractivity (Wildman–Crippen MR) is 145 cm³/mol. The van der Waals surface area contributed by atoms with E-state index in [1.165, 1.54) is 37.4 Å². The number of hydrogen-bond acceptors (Lipinski definition) is 6. The molecule has 0 radical (unpaired) electrons. The van der Waals surface area contributed by atoms with Crippen molar-refractivity contribution in [3.05, 3.63) is 89.5 Å². The normalized spacial score (nSPS) is 12.1. The van der Waals surface area contributed by atoms with E-state index in [-0.39, 0.29) is 43.3 Å². The van der Waals surface area contributed by atoms with Gasteiger partial charge < -0.3 is 23.7 Å². The van der Waals surface area contributed by atoms with Crippen LogP contribution in [0.1, 0.15) is 36.5 Å². The third-order valence-corrected chi connectivity index (χ3v) is 6.30. The lowest BCUT2D eigenvalue weighted by Crippen LogP contribution is -2.55. The highest BCUT2D eigenvalue weighted by molar-refractivity contribution is 5.69. The molecular formula is C31H32F6O6. The van der Waals surface area contributed by atoms with Crippen molar-refractivity contribution in [2.24, 2.45) is 0 Å². The van der Waals surface area contributed by atoms with Crippen LogP contribution in [0.2, 0.25) is 0 Å². The van der Waals surface area contributed by atoms with Gasteiger partial charge in [0.1, 0.15) is 17.2 Å². The van der Waals surface area contributed by atoms with E-state index in [0.717, 1.165) is 11.6 Å². The second-order valence-electron chi connectivity index (χ2n) is 9.34. The summed E-state index contributed by atoms with van der Waals surface area (Å²) >= 11 is 0. The van der Waals surface area contributed by atoms with Gasteiger partial charge in [-0.2, -0.15) is 26.3 Å². The largest absolute Gasteiger partial charge is 0.497 e. The van der Waals surface area contributed by atoms with Crippen LogP contribution in [-0.4, -0.2) is 45.3 Å². The van der Waals surface area contributed by atoms with Crippen LogP contribution >= 0.6 is 0 Å². The number of carbonyl (C=O) groups excluding carboxylic acids is 1. The van der Waals surface area contributed by atoms with Crippen LogP contribution in [-0.2, 0) is 32.9 Å². The third-order valence-electron chi connectivity index (χ3n) is 6.30. The van der Waals surface area contributed by atoms with E-state index < -0.39 is 30.1 Å². The monoisotopic (exact) mass is 614 g/mol. The van der Waals surface area contributed by atoms with Crippen LogP contribution in [0, 0.1) is 0 Å². The van der Waals surface area contributed by atoms with Crippen molar-refractivity contribution >= 4 is 5.97 Å². The summed E-state index contributed by atoms with van der Waals surface area (Å²) < 4.78 is 111. The van der Waals surface area contributed by atoms with Crippen LogP contribution in [0.25, 0.3) is 0 Å². The summed E-state index contributed by atoms with van der Waals surface area (Å²) in [6.07, 6.45) is -10.7. The van der Waals surface area contributed by atoms with E-state index in [2.05, 4.69) is 0 Å². The van der Waals surface area contributed by atoms with Gasteiger partial charge in [0.25, 0.3) is 5.60 Å². The zero-order valence-corrected chi connectivity index (χ0v) is 23.6. The third kappa shape index (κ3) is 9.03. The number of alkyl halides is 6. The Kier molecular flexibility index (Phi) is 11.7. The van der Waals surface area contributed by atoms with Gasteiger partial charge in [0.2, 0.25) is 0 Å². The highest BCUT2D eigenvalue weighted by atomic mass is 19.4. The number of carbonyl (C=O) groups is 1. The van der Waals surface area contributed by atoms with Gasteiger partial charge in [-0.1, -0.05) is 36.4 Å². The maximum Gasteiger partial charge on any atom is 0.430 e. The van der Waals surface area contributed by atoms with Crippen molar-refractivity contribution in [2.75, 3.05) is 26.9 Å². The van der Waals surface area contributed by atoms with Crippen molar-refractivity contribution in [2.45, 2.75) is 50.7 Å². The van der Waals surface area contributed by atoms with Gasteiger partial charge in [0, 0.05) is 18.4 Å². The Morgan fingerprint density at radius 1 is 0.744 bits per heavy atom. The maximum atomic E-state index is 14.2. The predicted octanol–water partition coefficient (Wildman–Crippen LogP) is 7.58. The average molecular weight is 615 g/mol. The quantitative estimate of drug-likeness (QED) is 0.1000. The Balaban J connectivity index is 1.64. The number of halogens is 6. The molecule has 0 saturated heterocycles. The molecule has 43 heavy (non-hydrogen) atoms. The molecule has 0 heterocycles. The van der Waals surface area contributed by atoms with Crippen LogP contribution in [0.5, 0.6) is 17.2 Å². The molecule has 0 aromatic heterocycles. The van der Waals surface area contributed by atoms with Gasteiger partial charge in [-0.05, 0) is 60.9 Å². The molecule has 12 heteroatoms. The Bertz CT molecular complexity index is 1290. The SMILES string of the molecule is CCOC(=O)CCc1cccc(OCCCOc2cccc(C(OCc3ccc(OC)cc3)(C(F)(F)F)C(F)(F)F)c2)c1. The summed E-state index contributed by atoms with van der Waals surface area (Å²) in [6.45, 7) is 1.20. The number of aryl methyl sites for hydroxylation is 1. The van der Waals surface area contributed by atoms with Crippen LogP contribution < -0.4 is 14.2 Å². The van der Waals surface area contributed by atoms with E-state index in [9.17, 15) is 31.1 Å². The van der Waals surface area contributed by atoms with Crippen molar-refractivity contribution in [3.8, 4) is 17.2 Å². The van der Waals surface area contributed by atoms with Crippen molar-refractivity contribution in [1.82, 2.24) is 0 Å². The summed E-state index contributed by atoms with van der Waals surface area (Å²) in [7, 11) is 1.38. The zero-order valence-electron chi connectivity index (χ0n) is 23.6. The highest BCUT2D eigenvalue weighted by Crippen LogP contribution is 2.53. The standard InChI is InChI=1S/C31H32F6O6/c1-3-40-28(38)16-13-22-7-4-9-26(19-22)41-17-6-18-42-27-10-5-8-24(20-27)29(30(32,33)34,31(35,36)37)43-21-23-11-14-25(39-2)15-12-23/h4-5,7-12,14-15,19-20H,3,6,13,16-18,21H2,1-2H3. The summed E-state index contributed by atoms with van der Waals surface area (Å²) in [5.74, 6) is 0.430. The van der Waals surface area contributed by atoms with Gasteiger partial charge in [-0.3, -0.25) is 4.79 Å². The lowest BCUT2D eigenvalue weighted by Gasteiger charge is -2.37. The lowest BCUT2D eigenvalue weighted by atomic mass is 9.91. The summed E-state index contributed by atoms with van der Waals surface area (Å²) in [6, 6.07) is 16.2. The first-order chi connectivity index (χ1) is 20.4. The minimum Gasteiger partial charge on any atom is -0.497 e. The van der Waals surface area contributed by atoms with E-state index in [0.29, 0.717) is 36.7 Å². The molecule has 3 rings (SSSR count). The average Bonchev–Trinajstić information content (AvgIpc) is 2.96. The fourth-order valence-corrected chi connectivity index (χ4v) is 4.16. The van der Waals surface area contributed by atoms with Crippen molar-refractivity contribution in [1.29, 1.82) is 0 Å². The van der Waals surface area contributed by atoms with Crippen LogP contribution in [0.15, 0.2) is 72.8 Å². The molecular weight excluding hydrogens is 582 g/mol. The Morgan fingerprint density at radius 2 is 1.35 bits per heavy atom. The number of rotatable bonds is 15. The topological polar surface area (TPSA) is 63.2 Å². The van der Waals surface area contributed by atoms with E-state index >= 15 is 0 Å². The number of benzene rings is 3. The number of ether oxygens (including phenoxy) is 5. The zero-order chi connectivity index (χ0) is 31.5. The molecule has 0 fully saturated rings. The molecule has 0 aliphatic carbocycles. The van der Waals surface area contributed by atoms with E-state index in [1.807, 2.05) is 6.07 Å². The molecule has 0 saturated carbocycles. The minimum atomic E-state index is -5.84. The smallest absolute Gasteiger partial charge is 0.430 e. The van der Waals surface area contributed by atoms with E-state index in [4.69, 9.17) is 23.7 Å². The number of esters is 1. The molecule has 234 valence electrons. The molecule has 3 aromatic rings. The van der Waals surface area contributed by atoms with Crippen LogP contribution in [0.4, 0.5) is 26.3 Å². The molecule has 3 aromatic carbocycles. The molecule has 0 N–H and O–H groups in total.